The maximum Gasteiger partial charge on any atom is 0.341 e. The second-order valence-corrected chi connectivity index (χ2v) is 8.05. The minimum Gasteiger partial charge on any atom is -0.550 e. The third kappa shape index (κ3) is 6.65. The predicted molar refractivity (Wildman–Crippen MR) is 103 cm³/mol. The highest BCUT2D eigenvalue weighted by Crippen LogP contribution is 2.37. The average molecular weight is 395 g/mol. The fourth-order valence-electron chi connectivity index (χ4n) is 3.44. The number of amides is 1. The summed E-state index contributed by atoms with van der Waals surface area (Å²) in [4.78, 5) is 36.2. The second kappa shape index (κ2) is 11.1. The topological polar surface area (TPSA) is 95.5 Å². The molecule has 0 bridgehead atoms. The van der Waals surface area contributed by atoms with Gasteiger partial charge in [0.25, 0.3) is 0 Å². The highest BCUT2D eigenvalue weighted by atomic mass is 32.1. The molecule has 0 radical (unpaired) electrons. The number of hydrogen-bond acceptors (Lipinski definition) is 6. The zero-order valence-corrected chi connectivity index (χ0v) is 16.8. The zero-order valence-electron chi connectivity index (χ0n) is 15.9. The van der Waals surface area contributed by atoms with Crippen LogP contribution >= 0.6 is 11.3 Å². The summed E-state index contributed by atoms with van der Waals surface area (Å²) in [7, 11) is 1.34. The normalized spacial score (nSPS) is 15.7. The molecule has 0 fully saturated rings. The van der Waals surface area contributed by atoms with Crippen LogP contribution in [0.1, 0.15) is 85.0 Å². The lowest BCUT2D eigenvalue weighted by Crippen LogP contribution is -2.24. The molecule has 150 valence electrons. The number of nitrogens with one attached hydrogen (secondary N) is 1. The molecule has 1 heterocycles. The quantitative estimate of drug-likeness (QED) is 0.774. The summed E-state index contributed by atoms with van der Waals surface area (Å²) in [6, 6.07) is 0. The molecule has 6 nitrogen and oxygen atoms in total. The highest BCUT2D eigenvalue weighted by Gasteiger charge is 2.25. The van der Waals surface area contributed by atoms with E-state index in [1.807, 2.05) is 0 Å². The van der Waals surface area contributed by atoms with Crippen LogP contribution in [0.3, 0.4) is 0 Å². The van der Waals surface area contributed by atoms with Crippen molar-refractivity contribution >= 4 is 34.2 Å². The van der Waals surface area contributed by atoms with Crippen LogP contribution in [0.5, 0.6) is 0 Å². The number of carbonyl (C=O) groups excluding carboxylic acids is 3. The molecular formula is C20H28NO5S-. The Morgan fingerprint density at radius 2 is 1.56 bits per heavy atom. The Hall–Kier alpha value is -1.89. The lowest BCUT2D eigenvalue weighted by Gasteiger charge is -2.10. The summed E-state index contributed by atoms with van der Waals surface area (Å²) < 4.78 is 4.97. The van der Waals surface area contributed by atoms with Gasteiger partial charge in [-0.25, -0.2) is 4.79 Å². The molecule has 0 aliphatic heterocycles. The highest BCUT2D eigenvalue weighted by molar-refractivity contribution is 7.17. The van der Waals surface area contributed by atoms with Gasteiger partial charge in [-0.05, 0) is 37.7 Å². The van der Waals surface area contributed by atoms with Gasteiger partial charge in [0.05, 0.1) is 12.7 Å². The molecule has 0 aromatic carbocycles. The van der Waals surface area contributed by atoms with Gasteiger partial charge in [-0.3, -0.25) is 4.79 Å². The number of carbonyl (C=O) groups is 3. The van der Waals surface area contributed by atoms with Crippen LogP contribution in [0.2, 0.25) is 0 Å². The van der Waals surface area contributed by atoms with Crippen LogP contribution in [0.15, 0.2) is 0 Å². The predicted octanol–water partition coefficient (Wildman–Crippen LogP) is 3.22. The average Bonchev–Trinajstić information content (AvgIpc) is 2.96. The van der Waals surface area contributed by atoms with Gasteiger partial charge in [0.2, 0.25) is 5.91 Å². The molecule has 0 atom stereocenters. The number of hydrogen-bond donors (Lipinski definition) is 1. The van der Waals surface area contributed by atoms with Crippen molar-refractivity contribution in [3.8, 4) is 0 Å². The molecule has 0 saturated carbocycles. The Morgan fingerprint density at radius 1 is 0.963 bits per heavy atom. The number of methoxy groups -OCH3 is 1. The summed E-state index contributed by atoms with van der Waals surface area (Å²) in [6.45, 7) is 0. The summed E-state index contributed by atoms with van der Waals surface area (Å²) >= 11 is 1.42. The number of aryl methyl sites for hydroxylation is 1. The van der Waals surface area contributed by atoms with Crippen molar-refractivity contribution < 1.29 is 24.2 Å². The van der Waals surface area contributed by atoms with Crippen LogP contribution in [-0.4, -0.2) is 25.0 Å². The molecule has 1 aromatic rings. The molecule has 0 unspecified atom stereocenters. The first-order chi connectivity index (χ1) is 13.0. The fraction of sp³-hybridized carbons (Fsp3) is 0.650. The van der Waals surface area contributed by atoms with E-state index < -0.39 is 17.8 Å². The van der Waals surface area contributed by atoms with E-state index in [0.717, 1.165) is 49.0 Å². The SMILES string of the molecule is COC(=O)c1c(NC(=O)CCC(=O)[O-])sc2c1CCCCCCCCCC2. The van der Waals surface area contributed by atoms with E-state index in [-0.39, 0.29) is 12.8 Å². The lowest BCUT2D eigenvalue weighted by molar-refractivity contribution is -0.305. The zero-order chi connectivity index (χ0) is 19.6. The van der Waals surface area contributed by atoms with Gasteiger partial charge in [0.15, 0.2) is 0 Å². The van der Waals surface area contributed by atoms with E-state index in [2.05, 4.69) is 5.32 Å². The van der Waals surface area contributed by atoms with Crippen molar-refractivity contribution in [1.82, 2.24) is 0 Å². The Labute approximate surface area is 164 Å². The van der Waals surface area contributed by atoms with E-state index in [9.17, 15) is 19.5 Å². The Morgan fingerprint density at radius 3 is 2.15 bits per heavy atom. The molecule has 0 spiro atoms. The molecule has 7 heteroatoms. The molecular weight excluding hydrogens is 366 g/mol. The third-order valence-electron chi connectivity index (χ3n) is 4.87. The maximum absolute atomic E-state index is 12.4. The Bertz CT molecular complexity index is 668. The van der Waals surface area contributed by atoms with Gasteiger partial charge in [0.1, 0.15) is 5.00 Å². The minimum absolute atomic E-state index is 0.175. The van der Waals surface area contributed by atoms with Crippen molar-refractivity contribution in [2.75, 3.05) is 12.4 Å². The van der Waals surface area contributed by atoms with Gasteiger partial charge in [0, 0.05) is 17.3 Å². The van der Waals surface area contributed by atoms with Crippen LogP contribution in [-0.2, 0) is 27.2 Å². The molecule has 1 amide bonds. The number of rotatable bonds is 5. The Kier molecular flexibility index (Phi) is 8.78. The van der Waals surface area contributed by atoms with Crippen LogP contribution in [0, 0.1) is 0 Å². The monoisotopic (exact) mass is 394 g/mol. The van der Waals surface area contributed by atoms with E-state index in [0.29, 0.717) is 10.6 Å². The number of ether oxygens (including phenoxy) is 1. The van der Waals surface area contributed by atoms with Crippen LogP contribution < -0.4 is 10.4 Å². The molecule has 0 saturated heterocycles. The number of anilines is 1. The van der Waals surface area contributed by atoms with E-state index in [1.165, 1.54) is 44.1 Å². The summed E-state index contributed by atoms with van der Waals surface area (Å²) in [5.74, 6) is -2.15. The lowest BCUT2D eigenvalue weighted by atomic mass is 9.97. The minimum atomic E-state index is -1.27. The van der Waals surface area contributed by atoms with Crippen molar-refractivity contribution in [3.63, 3.8) is 0 Å². The van der Waals surface area contributed by atoms with Crippen molar-refractivity contribution in [1.29, 1.82) is 0 Å². The molecule has 1 N–H and O–H groups in total. The first kappa shape index (κ1) is 21.4. The summed E-state index contributed by atoms with van der Waals surface area (Å²) in [5.41, 5.74) is 1.43. The van der Waals surface area contributed by atoms with E-state index in [4.69, 9.17) is 4.74 Å². The van der Waals surface area contributed by atoms with Gasteiger partial charge in [-0.2, -0.15) is 0 Å². The van der Waals surface area contributed by atoms with E-state index in [1.54, 1.807) is 0 Å². The first-order valence-electron chi connectivity index (χ1n) is 9.75. The van der Waals surface area contributed by atoms with E-state index >= 15 is 0 Å². The fourth-order valence-corrected chi connectivity index (χ4v) is 4.73. The van der Waals surface area contributed by atoms with Crippen molar-refractivity contribution in [3.05, 3.63) is 16.0 Å². The van der Waals surface area contributed by atoms with Crippen LogP contribution in [0.4, 0.5) is 5.00 Å². The van der Waals surface area contributed by atoms with Crippen LogP contribution in [0.25, 0.3) is 0 Å². The molecule has 1 aliphatic rings. The van der Waals surface area contributed by atoms with Crippen molar-refractivity contribution in [2.45, 2.75) is 77.0 Å². The number of carboxylic acid groups (broad SMARTS) is 1. The van der Waals surface area contributed by atoms with Gasteiger partial charge in [-0.15, -0.1) is 11.3 Å². The smallest absolute Gasteiger partial charge is 0.341 e. The maximum atomic E-state index is 12.4. The van der Waals surface area contributed by atoms with Gasteiger partial charge < -0.3 is 20.0 Å². The molecule has 27 heavy (non-hydrogen) atoms. The third-order valence-corrected chi connectivity index (χ3v) is 6.08. The number of aliphatic carboxylic acids is 1. The number of fused-ring (bicyclic) bond motifs is 1. The summed E-state index contributed by atoms with van der Waals surface area (Å²) in [6.07, 6.45) is 10.5. The standard InChI is InChI=1S/C20H29NO5S/c1-26-20(25)18-14-10-8-6-4-2-3-5-7-9-11-15(14)27-19(18)21-16(22)12-13-17(23)24/h2-13H2,1H3,(H,21,22)(H,23,24)/p-1. The Balaban J connectivity index is 2.26. The second-order valence-electron chi connectivity index (χ2n) is 6.95. The number of carboxylic acids is 1. The first-order valence-corrected chi connectivity index (χ1v) is 10.6. The number of thiophene rings is 1. The van der Waals surface area contributed by atoms with Gasteiger partial charge in [-0.1, -0.05) is 38.5 Å². The molecule has 2 rings (SSSR count). The van der Waals surface area contributed by atoms with Crippen molar-refractivity contribution in [2.24, 2.45) is 0 Å². The summed E-state index contributed by atoms with van der Waals surface area (Å²) in [5, 5.41) is 13.8. The largest absolute Gasteiger partial charge is 0.550 e. The molecule has 1 aromatic heterocycles. The number of esters is 1. The molecule has 1 aliphatic carbocycles. The van der Waals surface area contributed by atoms with Gasteiger partial charge >= 0.3 is 5.97 Å².